The number of hydrogen-bond acceptors (Lipinski definition) is 0. The molecule has 0 amide bonds. The second-order valence-corrected chi connectivity index (χ2v) is 0. The monoisotopic (exact) mass is 146 g/mol. The second-order valence-electron chi connectivity index (χ2n) is 0. The summed E-state index contributed by atoms with van der Waals surface area (Å²) in [6.45, 7) is 0. The molecule has 0 saturated carbocycles. The van der Waals surface area contributed by atoms with E-state index >= 15 is 0 Å². The topological polar surface area (TPSA) is 31.5 Å². The maximum Gasteiger partial charge on any atom is 0 e. The normalized spacial score (nSPS) is 0. The van der Waals surface area contributed by atoms with Gasteiger partial charge in [-0.15, -0.1) is 24.8 Å². The molecule has 0 radical (unpaired) electrons. The quantitative estimate of drug-likeness (QED) is 0.432. The molecule has 0 aliphatic carbocycles. The summed E-state index contributed by atoms with van der Waals surface area (Å²) in [4.78, 5) is 0. The van der Waals surface area contributed by atoms with Crippen molar-refractivity contribution in [1.82, 2.24) is 0 Å². The van der Waals surface area contributed by atoms with Gasteiger partial charge in [0.2, 0.25) is 0 Å². The molecule has 0 unspecified atom stereocenters. The van der Waals surface area contributed by atoms with E-state index in [9.17, 15) is 0 Å². The Morgan fingerprint density at radius 3 is 0.750 bits per heavy atom. The van der Waals surface area contributed by atoms with Crippen LogP contribution in [0, 0.1) is 0 Å². The summed E-state index contributed by atoms with van der Waals surface area (Å²) in [5.41, 5.74) is 0. The predicted octanol–water partition coefficient (Wildman–Crippen LogP) is 0.0164. The maximum absolute atomic E-state index is 0. The van der Waals surface area contributed by atoms with Gasteiger partial charge in [-0.2, -0.15) is 0 Å². The minimum atomic E-state index is 0. The largest absolute Gasteiger partial charge is 0.412 e. The van der Waals surface area contributed by atoms with Crippen molar-refractivity contribution in [2.24, 2.45) is 0 Å². The van der Waals surface area contributed by atoms with Crippen LogP contribution in [0.15, 0.2) is 0 Å². The fourth-order valence-electron chi connectivity index (χ4n) is 0. The van der Waals surface area contributed by atoms with Gasteiger partial charge >= 0.3 is 0 Å². The summed E-state index contributed by atoms with van der Waals surface area (Å²) >= 11 is 0. The first kappa shape index (κ1) is 74.3. The molecule has 0 rings (SSSR count). The van der Waals surface area contributed by atoms with Gasteiger partial charge in [0.1, 0.15) is 0 Å². The Balaban J connectivity index is 0. The number of halogens is 2. The third-order valence-electron chi connectivity index (χ3n) is 0. The van der Waals surface area contributed by atoms with Crippen LogP contribution in [0.1, 0.15) is 0 Å². The Labute approximate surface area is 47.8 Å². The predicted molar refractivity (Wildman–Crippen MR) is 18.1 cm³/mol. The molecule has 0 aromatic rings. The van der Waals surface area contributed by atoms with Crippen LogP contribution in [0.25, 0.3) is 0 Å². The van der Waals surface area contributed by atoms with Crippen LogP contribution in [-0.4, -0.2) is 5.48 Å². The van der Waals surface area contributed by atoms with E-state index < -0.39 is 0 Å². The zero-order chi connectivity index (χ0) is 0. The van der Waals surface area contributed by atoms with Crippen molar-refractivity contribution >= 4 is 24.8 Å². The molecule has 0 aromatic carbocycles. The van der Waals surface area contributed by atoms with Gasteiger partial charge in [0.25, 0.3) is 0 Å². The molecular formula is H4Cl2FeO. The molecule has 0 spiro atoms. The summed E-state index contributed by atoms with van der Waals surface area (Å²) in [7, 11) is 0. The first-order valence-electron chi connectivity index (χ1n) is 0. The van der Waals surface area contributed by atoms with E-state index in [0.29, 0.717) is 0 Å². The van der Waals surface area contributed by atoms with Gasteiger partial charge in [-0.05, 0) is 0 Å². The van der Waals surface area contributed by atoms with Gasteiger partial charge in [0.05, 0.1) is 0 Å². The molecule has 0 fully saturated rings. The van der Waals surface area contributed by atoms with E-state index in [0.717, 1.165) is 0 Å². The van der Waals surface area contributed by atoms with E-state index in [1.54, 1.807) is 0 Å². The first-order valence-corrected chi connectivity index (χ1v) is 0. The Morgan fingerprint density at radius 1 is 0.750 bits per heavy atom. The Kier molecular flexibility index (Phi) is 629. The SMILES string of the molecule is Cl.Cl.O.[Fe]. The minimum absolute atomic E-state index is 0. The van der Waals surface area contributed by atoms with Gasteiger partial charge in [-0.3, -0.25) is 0 Å². The van der Waals surface area contributed by atoms with Crippen LogP contribution < -0.4 is 0 Å². The molecule has 0 aliphatic heterocycles. The fraction of sp³-hybridized carbons (Fsp3) is 0. The fourth-order valence-corrected chi connectivity index (χ4v) is 0. The zero-order valence-electron chi connectivity index (χ0n) is 1.67. The summed E-state index contributed by atoms with van der Waals surface area (Å²) in [6, 6.07) is 0. The molecule has 0 aromatic heterocycles. The van der Waals surface area contributed by atoms with Gasteiger partial charge in [0, 0.05) is 17.1 Å². The molecule has 0 atom stereocenters. The molecule has 1 nitrogen and oxygen atoms in total. The Morgan fingerprint density at radius 2 is 0.750 bits per heavy atom. The van der Waals surface area contributed by atoms with E-state index in [-0.39, 0.29) is 47.4 Å². The average molecular weight is 147 g/mol. The molecule has 4 heteroatoms. The van der Waals surface area contributed by atoms with E-state index in [2.05, 4.69) is 0 Å². The molecule has 4 heavy (non-hydrogen) atoms. The van der Waals surface area contributed by atoms with Crippen molar-refractivity contribution in [3.05, 3.63) is 0 Å². The van der Waals surface area contributed by atoms with Gasteiger partial charge < -0.3 is 5.48 Å². The van der Waals surface area contributed by atoms with Crippen molar-refractivity contribution < 1.29 is 22.5 Å². The summed E-state index contributed by atoms with van der Waals surface area (Å²) < 4.78 is 0. The standard InChI is InChI=1S/2ClH.Fe.H2O/h2*1H;;1H2. The molecule has 0 bridgehead atoms. The van der Waals surface area contributed by atoms with Crippen molar-refractivity contribution in [1.29, 1.82) is 0 Å². The second kappa shape index (κ2) is 33.9. The van der Waals surface area contributed by atoms with Crippen LogP contribution in [0.2, 0.25) is 0 Å². The zero-order valence-corrected chi connectivity index (χ0v) is 4.41. The third kappa shape index (κ3) is 11.6. The smallest absolute Gasteiger partial charge is 0 e. The van der Waals surface area contributed by atoms with Gasteiger partial charge in [-0.25, -0.2) is 0 Å². The van der Waals surface area contributed by atoms with Crippen LogP contribution in [-0.2, 0) is 17.1 Å². The Hall–Kier alpha value is 1.06. The maximum atomic E-state index is 0. The van der Waals surface area contributed by atoms with Crippen molar-refractivity contribution in [3.63, 3.8) is 0 Å². The summed E-state index contributed by atoms with van der Waals surface area (Å²) in [5.74, 6) is 0. The number of rotatable bonds is 0. The van der Waals surface area contributed by atoms with E-state index in [4.69, 9.17) is 0 Å². The molecule has 32 valence electrons. The van der Waals surface area contributed by atoms with Crippen molar-refractivity contribution in [2.45, 2.75) is 0 Å². The van der Waals surface area contributed by atoms with Crippen molar-refractivity contribution in [2.75, 3.05) is 0 Å². The van der Waals surface area contributed by atoms with Crippen LogP contribution in [0.4, 0.5) is 0 Å². The summed E-state index contributed by atoms with van der Waals surface area (Å²) in [6.07, 6.45) is 0. The van der Waals surface area contributed by atoms with Crippen LogP contribution in [0.5, 0.6) is 0 Å². The molecule has 0 heterocycles. The van der Waals surface area contributed by atoms with E-state index in [1.165, 1.54) is 0 Å². The molecule has 0 aliphatic rings. The van der Waals surface area contributed by atoms with E-state index in [1.807, 2.05) is 0 Å². The molecule has 0 saturated heterocycles. The number of hydrogen-bond donors (Lipinski definition) is 0. The van der Waals surface area contributed by atoms with Gasteiger partial charge in [-0.1, -0.05) is 0 Å². The average Bonchev–Trinajstić information content (AvgIpc) is 0. The first-order chi connectivity index (χ1) is 0. The van der Waals surface area contributed by atoms with Gasteiger partial charge in [0.15, 0.2) is 0 Å². The third-order valence-corrected chi connectivity index (χ3v) is 0. The van der Waals surface area contributed by atoms with Crippen LogP contribution in [0.3, 0.4) is 0 Å². The Bertz CT molecular complexity index is 6.00. The molecule has 2 N–H and O–H groups in total. The molecular weight excluding hydrogens is 143 g/mol. The van der Waals surface area contributed by atoms with Crippen LogP contribution >= 0.6 is 24.8 Å². The minimum Gasteiger partial charge on any atom is -0.412 e. The van der Waals surface area contributed by atoms with Crippen molar-refractivity contribution in [3.8, 4) is 0 Å². The summed E-state index contributed by atoms with van der Waals surface area (Å²) in [5, 5.41) is 0.